The van der Waals surface area contributed by atoms with E-state index in [1.165, 1.54) is 32.1 Å². The average Bonchev–Trinajstić information content (AvgIpc) is 2.81. The van der Waals surface area contributed by atoms with Gasteiger partial charge < -0.3 is 19.3 Å². The van der Waals surface area contributed by atoms with Crippen molar-refractivity contribution in [3.05, 3.63) is 0 Å². The summed E-state index contributed by atoms with van der Waals surface area (Å²) < 4.78 is 16.6. The molecule has 1 saturated carbocycles. The third-order valence-electron chi connectivity index (χ3n) is 5.69. The summed E-state index contributed by atoms with van der Waals surface area (Å²) in [6.45, 7) is 10.4. The number of hydrogen-bond donors (Lipinski definition) is 1. The van der Waals surface area contributed by atoms with E-state index in [4.69, 9.17) is 14.2 Å². The highest BCUT2D eigenvalue weighted by Gasteiger charge is 2.40. The predicted octanol–water partition coefficient (Wildman–Crippen LogP) is 4.25. The van der Waals surface area contributed by atoms with E-state index in [0.717, 1.165) is 18.9 Å². The van der Waals surface area contributed by atoms with Gasteiger partial charge in [0, 0.05) is 19.6 Å². The average molecular weight is 345 g/mol. The first-order valence-electron chi connectivity index (χ1n) is 10.0. The van der Waals surface area contributed by atoms with Gasteiger partial charge in [0.05, 0.1) is 19.3 Å². The van der Waals surface area contributed by atoms with E-state index < -0.39 is 6.29 Å². The van der Waals surface area contributed by atoms with Crippen LogP contribution >= 0.6 is 0 Å². The minimum absolute atomic E-state index is 0.173. The van der Waals surface area contributed by atoms with Gasteiger partial charge in [0.1, 0.15) is 0 Å². The number of rotatable bonds is 7. The van der Waals surface area contributed by atoms with Crippen LogP contribution < -0.4 is 0 Å². The maximum Gasteiger partial charge on any atom is 0.157 e. The summed E-state index contributed by atoms with van der Waals surface area (Å²) in [4.78, 5) is 0. The van der Waals surface area contributed by atoms with Crippen LogP contribution in [-0.2, 0) is 14.2 Å². The van der Waals surface area contributed by atoms with E-state index >= 15 is 0 Å². The van der Waals surface area contributed by atoms with Crippen LogP contribution in [0, 0.1) is 23.7 Å². The first kappa shape index (κ1) is 21.9. The molecular formula is C20H40O4. The minimum atomic E-state index is -0.665. The van der Waals surface area contributed by atoms with Gasteiger partial charge in [0.2, 0.25) is 0 Å². The van der Waals surface area contributed by atoms with Gasteiger partial charge in [-0.15, -0.1) is 0 Å². The molecule has 2 rings (SSSR count). The molecule has 144 valence electrons. The van der Waals surface area contributed by atoms with Crippen LogP contribution in [0.15, 0.2) is 0 Å². The summed E-state index contributed by atoms with van der Waals surface area (Å²) in [7, 11) is 1.69. The molecule has 4 heteroatoms. The van der Waals surface area contributed by atoms with E-state index in [0.29, 0.717) is 31.2 Å². The number of aliphatic hydroxyl groups is 1. The van der Waals surface area contributed by atoms with Crippen LogP contribution in [0.5, 0.6) is 0 Å². The number of ether oxygens (including phenoxy) is 3. The van der Waals surface area contributed by atoms with E-state index in [1.54, 1.807) is 7.11 Å². The Labute approximate surface area is 149 Å². The SMILES string of the molecule is CC.COCCCOC(O)[C@H](C)C1CCCC2CCC(C)OCC21. The number of fused-ring (bicyclic) bond motifs is 1. The fraction of sp³-hybridized carbons (Fsp3) is 1.00. The molecule has 0 bridgehead atoms. The van der Waals surface area contributed by atoms with Crippen molar-refractivity contribution in [3.63, 3.8) is 0 Å². The topological polar surface area (TPSA) is 47.9 Å². The fourth-order valence-corrected chi connectivity index (χ4v) is 4.24. The molecule has 2 aliphatic rings. The Kier molecular flexibility index (Phi) is 11.2. The van der Waals surface area contributed by atoms with E-state index in [2.05, 4.69) is 13.8 Å². The van der Waals surface area contributed by atoms with E-state index in [9.17, 15) is 5.11 Å². The highest BCUT2D eigenvalue weighted by molar-refractivity contribution is 4.87. The van der Waals surface area contributed by atoms with Crippen LogP contribution in [0.4, 0.5) is 0 Å². The predicted molar refractivity (Wildman–Crippen MR) is 97.9 cm³/mol. The third-order valence-corrected chi connectivity index (χ3v) is 5.69. The Bertz CT molecular complexity index is 310. The monoisotopic (exact) mass is 344 g/mol. The first-order valence-corrected chi connectivity index (χ1v) is 10.0. The van der Waals surface area contributed by atoms with Crippen molar-refractivity contribution in [2.75, 3.05) is 26.9 Å². The molecule has 1 N–H and O–H groups in total. The molecule has 0 aromatic heterocycles. The zero-order chi connectivity index (χ0) is 17.9. The second-order valence-electron chi connectivity index (χ2n) is 7.21. The highest BCUT2D eigenvalue weighted by Crippen LogP contribution is 2.44. The van der Waals surface area contributed by atoms with Crippen molar-refractivity contribution in [1.29, 1.82) is 0 Å². The fourth-order valence-electron chi connectivity index (χ4n) is 4.24. The maximum atomic E-state index is 10.4. The van der Waals surface area contributed by atoms with Crippen LogP contribution in [0.1, 0.15) is 66.2 Å². The van der Waals surface area contributed by atoms with Crippen molar-refractivity contribution in [2.24, 2.45) is 23.7 Å². The standard InChI is InChI=1S/C18H34O4.C2H6/c1-13-8-9-15-6-4-7-16(17(15)12-22-13)14(2)18(19)21-11-5-10-20-3;1-2/h13-19H,4-12H2,1-3H3;1-2H3/t13?,14-,15?,16?,17?,18?;/m1./s1. The summed E-state index contributed by atoms with van der Waals surface area (Å²) >= 11 is 0. The summed E-state index contributed by atoms with van der Waals surface area (Å²) in [6.07, 6.45) is 6.81. The Morgan fingerprint density at radius 2 is 1.88 bits per heavy atom. The van der Waals surface area contributed by atoms with Crippen molar-refractivity contribution >= 4 is 0 Å². The van der Waals surface area contributed by atoms with Gasteiger partial charge in [-0.3, -0.25) is 0 Å². The maximum absolute atomic E-state index is 10.4. The molecule has 6 atom stereocenters. The van der Waals surface area contributed by atoms with Crippen LogP contribution in [0.25, 0.3) is 0 Å². The third kappa shape index (κ3) is 6.62. The Morgan fingerprint density at radius 3 is 2.58 bits per heavy atom. The van der Waals surface area contributed by atoms with Gasteiger partial charge in [0.15, 0.2) is 6.29 Å². The highest BCUT2D eigenvalue weighted by atomic mass is 16.6. The van der Waals surface area contributed by atoms with Crippen molar-refractivity contribution in [1.82, 2.24) is 0 Å². The van der Waals surface area contributed by atoms with Crippen LogP contribution in [-0.4, -0.2) is 44.4 Å². The molecule has 5 unspecified atom stereocenters. The lowest BCUT2D eigenvalue weighted by Gasteiger charge is -2.41. The van der Waals surface area contributed by atoms with Gasteiger partial charge in [-0.1, -0.05) is 33.6 Å². The van der Waals surface area contributed by atoms with Crippen molar-refractivity contribution in [3.8, 4) is 0 Å². The second-order valence-corrected chi connectivity index (χ2v) is 7.21. The van der Waals surface area contributed by atoms with E-state index in [1.807, 2.05) is 13.8 Å². The lowest BCUT2D eigenvalue weighted by molar-refractivity contribution is -0.157. The normalized spacial score (nSPS) is 32.8. The molecule has 4 nitrogen and oxygen atoms in total. The lowest BCUT2D eigenvalue weighted by atomic mass is 9.66. The van der Waals surface area contributed by atoms with Gasteiger partial charge in [-0.25, -0.2) is 0 Å². The molecule has 0 radical (unpaired) electrons. The number of aliphatic hydroxyl groups excluding tert-OH is 1. The lowest BCUT2D eigenvalue weighted by Crippen LogP contribution is -2.39. The van der Waals surface area contributed by atoms with E-state index in [-0.39, 0.29) is 5.92 Å². The summed E-state index contributed by atoms with van der Waals surface area (Å²) in [6, 6.07) is 0. The quantitative estimate of drug-likeness (QED) is 0.554. The number of hydrogen-bond acceptors (Lipinski definition) is 4. The molecule has 0 spiro atoms. The summed E-state index contributed by atoms with van der Waals surface area (Å²) in [5, 5.41) is 10.4. The first-order chi connectivity index (χ1) is 11.6. The molecule has 0 amide bonds. The van der Waals surface area contributed by atoms with Crippen molar-refractivity contribution < 1.29 is 19.3 Å². The zero-order valence-electron chi connectivity index (χ0n) is 16.5. The summed E-state index contributed by atoms with van der Waals surface area (Å²) in [5.74, 6) is 2.05. The molecular weight excluding hydrogens is 304 g/mol. The zero-order valence-corrected chi connectivity index (χ0v) is 16.5. The van der Waals surface area contributed by atoms with Crippen LogP contribution in [0.2, 0.25) is 0 Å². The van der Waals surface area contributed by atoms with Gasteiger partial charge in [-0.05, 0) is 50.4 Å². The molecule has 1 saturated heterocycles. The Morgan fingerprint density at radius 1 is 1.12 bits per heavy atom. The van der Waals surface area contributed by atoms with Gasteiger partial charge in [0.25, 0.3) is 0 Å². The van der Waals surface area contributed by atoms with Crippen LogP contribution in [0.3, 0.4) is 0 Å². The molecule has 0 aromatic carbocycles. The Hall–Kier alpha value is -0.160. The smallest absolute Gasteiger partial charge is 0.157 e. The Balaban J connectivity index is 0.00000139. The molecule has 0 aromatic rings. The van der Waals surface area contributed by atoms with Gasteiger partial charge >= 0.3 is 0 Å². The second kappa shape index (κ2) is 12.2. The molecule has 2 fully saturated rings. The summed E-state index contributed by atoms with van der Waals surface area (Å²) in [5.41, 5.74) is 0. The molecule has 1 heterocycles. The number of methoxy groups -OCH3 is 1. The van der Waals surface area contributed by atoms with Gasteiger partial charge in [-0.2, -0.15) is 0 Å². The minimum Gasteiger partial charge on any atom is -0.385 e. The molecule has 24 heavy (non-hydrogen) atoms. The molecule has 1 aliphatic carbocycles. The largest absolute Gasteiger partial charge is 0.385 e. The molecule has 1 aliphatic heterocycles. The van der Waals surface area contributed by atoms with Crippen molar-refractivity contribution in [2.45, 2.75) is 78.6 Å².